The van der Waals surface area contributed by atoms with Crippen LogP contribution in [-0.4, -0.2) is 26.4 Å². The van der Waals surface area contributed by atoms with Gasteiger partial charge in [0.05, 0.1) is 18.8 Å². The van der Waals surface area contributed by atoms with Crippen molar-refractivity contribution in [2.45, 2.75) is 38.3 Å². The molecule has 1 heterocycles. The predicted octanol–water partition coefficient (Wildman–Crippen LogP) is 2.91. The van der Waals surface area contributed by atoms with Crippen LogP contribution < -0.4 is 10.1 Å². The number of hydrogen-bond donors (Lipinski definition) is 1. The van der Waals surface area contributed by atoms with E-state index in [4.69, 9.17) is 9.47 Å². The van der Waals surface area contributed by atoms with Crippen LogP contribution >= 0.6 is 0 Å². The normalized spacial score (nSPS) is 21.6. The lowest BCUT2D eigenvalue weighted by Gasteiger charge is -2.31. The Hall–Kier alpha value is -1.06. The number of ether oxygens (including phenoxy) is 2. The first-order valence-electron chi connectivity index (χ1n) is 6.87. The summed E-state index contributed by atoms with van der Waals surface area (Å²) in [5.74, 6) is 0.966. The number of benzene rings is 1. The fourth-order valence-corrected chi connectivity index (χ4v) is 2.59. The summed E-state index contributed by atoms with van der Waals surface area (Å²) < 4.78 is 11.6. The molecule has 2 atom stereocenters. The topological polar surface area (TPSA) is 30.5 Å². The molecule has 0 saturated carbocycles. The van der Waals surface area contributed by atoms with Gasteiger partial charge in [-0.1, -0.05) is 18.2 Å². The molecule has 1 aliphatic heterocycles. The van der Waals surface area contributed by atoms with Gasteiger partial charge < -0.3 is 14.8 Å². The van der Waals surface area contributed by atoms with Gasteiger partial charge in [-0.25, -0.2) is 0 Å². The Morgan fingerprint density at radius 1 is 1.39 bits per heavy atom. The van der Waals surface area contributed by atoms with Crippen molar-refractivity contribution in [1.29, 1.82) is 0 Å². The highest BCUT2D eigenvalue weighted by Crippen LogP contribution is 2.31. The summed E-state index contributed by atoms with van der Waals surface area (Å²) >= 11 is 0. The lowest BCUT2D eigenvalue weighted by molar-refractivity contribution is -0.00713. The second-order valence-corrected chi connectivity index (χ2v) is 4.64. The maximum Gasteiger partial charge on any atom is 0.124 e. The number of likely N-dealkylation sites (N-methyl/N-ethyl adjacent to an activating group) is 1. The van der Waals surface area contributed by atoms with Crippen LogP contribution in [0.2, 0.25) is 0 Å². The van der Waals surface area contributed by atoms with E-state index in [1.54, 1.807) is 0 Å². The third-order valence-electron chi connectivity index (χ3n) is 3.45. The average molecular weight is 249 g/mol. The van der Waals surface area contributed by atoms with Crippen molar-refractivity contribution < 1.29 is 9.47 Å². The molecule has 1 N–H and O–H groups in total. The van der Waals surface area contributed by atoms with Gasteiger partial charge in [-0.05, 0) is 39.3 Å². The molecule has 0 amide bonds. The molecule has 0 spiro atoms. The highest BCUT2D eigenvalue weighted by molar-refractivity contribution is 5.36. The Morgan fingerprint density at radius 3 is 2.89 bits per heavy atom. The summed E-state index contributed by atoms with van der Waals surface area (Å²) in [6.45, 7) is 3.58. The van der Waals surface area contributed by atoms with E-state index >= 15 is 0 Å². The lowest BCUT2D eigenvalue weighted by atomic mass is 9.95. The Balaban J connectivity index is 2.20. The van der Waals surface area contributed by atoms with Crippen molar-refractivity contribution in [3.8, 4) is 5.75 Å². The molecule has 1 fully saturated rings. The molecule has 1 aromatic rings. The van der Waals surface area contributed by atoms with E-state index in [2.05, 4.69) is 17.4 Å². The molecule has 1 aliphatic rings. The average Bonchev–Trinajstić information content (AvgIpc) is 2.43. The number of rotatable bonds is 5. The summed E-state index contributed by atoms with van der Waals surface area (Å²) in [5, 5.41) is 3.38. The van der Waals surface area contributed by atoms with Crippen molar-refractivity contribution in [1.82, 2.24) is 5.32 Å². The zero-order valence-electron chi connectivity index (χ0n) is 11.3. The Bertz CT molecular complexity index is 361. The second kappa shape index (κ2) is 6.76. The minimum Gasteiger partial charge on any atom is -0.494 e. The van der Waals surface area contributed by atoms with Gasteiger partial charge in [0.2, 0.25) is 0 Å². The number of hydrogen-bond acceptors (Lipinski definition) is 3. The predicted molar refractivity (Wildman–Crippen MR) is 73.0 cm³/mol. The van der Waals surface area contributed by atoms with Crippen molar-refractivity contribution >= 4 is 0 Å². The first-order chi connectivity index (χ1) is 8.86. The standard InChI is InChI=1S/C15H23NO2/c1-3-17-13-9-5-4-8-12(13)15(16-2)14-10-6-7-11-18-14/h4-5,8-9,14-16H,3,6-7,10-11H2,1-2H3. The molecule has 100 valence electrons. The summed E-state index contributed by atoms with van der Waals surface area (Å²) in [6.07, 6.45) is 3.80. The number of para-hydroxylation sites is 1. The van der Waals surface area contributed by atoms with Crippen LogP contribution in [0.15, 0.2) is 24.3 Å². The highest BCUT2D eigenvalue weighted by atomic mass is 16.5. The minimum atomic E-state index is 0.216. The maximum atomic E-state index is 5.90. The molecule has 0 aromatic heterocycles. The van der Waals surface area contributed by atoms with E-state index in [0.29, 0.717) is 6.61 Å². The molecule has 2 rings (SSSR count). The molecule has 3 heteroatoms. The third-order valence-corrected chi connectivity index (χ3v) is 3.45. The maximum absolute atomic E-state index is 5.90. The van der Waals surface area contributed by atoms with E-state index < -0.39 is 0 Å². The molecular formula is C15H23NO2. The van der Waals surface area contributed by atoms with Crippen LogP contribution in [0.1, 0.15) is 37.8 Å². The second-order valence-electron chi connectivity index (χ2n) is 4.64. The number of nitrogens with one attached hydrogen (secondary N) is 1. The van der Waals surface area contributed by atoms with Crippen LogP contribution in [0.3, 0.4) is 0 Å². The highest BCUT2D eigenvalue weighted by Gasteiger charge is 2.26. The Morgan fingerprint density at radius 2 is 2.22 bits per heavy atom. The first-order valence-corrected chi connectivity index (χ1v) is 6.87. The van der Waals surface area contributed by atoms with E-state index in [0.717, 1.165) is 18.8 Å². The van der Waals surface area contributed by atoms with E-state index in [1.807, 2.05) is 26.1 Å². The summed E-state index contributed by atoms with van der Waals surface area (Å²) in [7, 11) is 1.99. The van der Waals surface area contributed by atoms with Gasteiger partial charge in [-0.2, -0.15) is 0 Å². The van der Waals surface area contributed by atoms with Crippen molar-refractivity contribution in [3.05, 3.63) is 29.8 Å². The monoisotopic (exact) mass is 249 g/mol. The Kier molecular flexibility index (Phi) is 5.02. The van der Waals surface area contributed by atoms with Gasteiger partial charge in [0.25, 0.3) is 0 Å². The fourth-order valence-electron chi connectivity index (χ4n) is 2.59. The van der Waals surface area contributed by atoms with Gasteiger partial charge in [-0.3, -0.25) is 0 Å². The van der Waals surface area contributed by atoms with Gasteiger partial charge in [0, 0.05) is 12.2 Å². The molecule has 0 aliphatic carbocycles. The van der Waals surface area contributed by atoms with E-state index in [1.165, 1.54) is 18.4 Å². The molecule has 3 nitrogen and oxygen atoms in total. The van der Waals surface area contributed by atoms with Crippen molar-refractivity contribution in [2.24, 2.45) is 0 Å². The summed E-state index contributed by atoms with van der Waals surface area (Å²) in [6, 6.07) is 8.46. The quantitative estimate of drug-likeness (QED) is 0.870. The van der Waals surface area contributed by atoms with Crippen molar-refractivity contribution in [3.63, 3.8) is 0 Å². The van der Waals surface area contributed by atoms with Crippen LogP contribution in [-0.2, 0) is 4.74 Å². The largest absolute Gasteiger partial charge is 0.494 e. The van der Waals surface area contributed by atoms with Gasteiger partial charge in [0.15, 0.2) is 0 Å². The molecular weight excluding hydrogens is 226 g/mol. The zero-order valence-corrected chi connectivity index (χ0v) is 11.3. The molecule has 0 radical (unpaired) electrons. The molecule has 0 bridgehead atoms. The summed E-state index contributed by atoms with van der Waals surface area (Å²) in [4.78, 5) is 0. The van der Waals surface area contributed by atoms with Crippen LogP contribution in [0.25, 0.3) is 0 Å². The Labute approximate surface area is 109 Å². The van der Waals surface area contributed by atoms with Crippen LogP contribution in [0.4, 0.5) is 0 Å². The smallest absolute Gasteiger partial charge is 0.124 e. The van der Waals surface area contributed by atoms with Gasteiger partial charge in [-0.15, -0.1) is 0 Å². The van der Waals surface area contributed by atoms with Gasteiger partial charge >= 0.3 is 0 Å². The lowest BCUT2D eigenvalue weighted by Crippen LogP contribution is -2.34. The van der Waals surface area contributed by atoms with Crippen LogP contribution in [0, 0.1) is 0 Å². The fraction of sp³-hybridized carbons (Fsp3) is 0.600. The summed E-state index contributed by atoms with van der Waals surface area (Å²) in [5.41, 5.74) is 1.20. The van der Waals surface area contributed by atoms with E-state index in [9.17, 15) is 0 Å². The van der Waals surface area contributed by atoms with Gasteiger partial charge in [0.1, 0.15) is 5.75 Å². The zero-order chi connectivity index (χ0) is 12.8. The van der Waals surface area contributed by atoms with E-state index in [-0.39, 0.29) is 12.1 Å². The molecule has 18 heavy (non-hydrogen) atoms. The molecule has 1 aromatic carbocycles. The van der Waals surface area contributed by atoms with Crippen molar-refractivity contribution in [2.75, 3.05) is 20.3 Å². The minimum absolute atomic E-state index is 0.216. The third kappa shape index (κ3) is 3.03. The molecule has 2 unspecified atom stereocenters. The molecule has 1 saturated heterocycles. The van der Waals surface area contributed by atoms with Crippen LogP contribution in [0.5, 0.6) is 5.75 Å². The first kappa shape index (κ1) is 13.4. The SMILES string of the molecule is CCOc1ccccc1C(NC)C1CCCCO1.